The minimum atomic E-state index is -0.457. The topological polar surface area (TPSA) is 20.7 Å². The van der Waals surface area contributed by atoms with Crippen molar-refractivity contribution in [1.29, 1.82) is 0 Å². The average molecular weight is 333 g/mol. The van der Waals surface area contributed by atoms with Gasteiger partial charge in [0, 0.05) is 10.9 Å². The number of hydrogen-bond acceptors (Lipinski definition) is 2. The summed E-state index contributed by atoms with van der Waals surface area (Å²) >= 11 is 18.4. The highest BCUT2D eigenvalue weighted by Gasteiger charge is 2.10. The summed E-state index contributed by atoms with van der Waals surface area (Å²) in [4.78, 5) is 4.07. The van der Waals surface area contributed by atoms with E-state index in [1.165, 1.54) is 17.4 Å². The highest BCUT2D eigenvalue weighted by molar-refractivity contribution is 7.71. The lowest BCUT2D eigenvalue weighted by Crippen LogP contribution is -1.97. The van der Waals surface area contributed by atoms with Crippen LogP contribution in [0.5, 0.6) is 0 Å². The zero-order valence-electron chi connectivity index (χ0n) is 9.41. The predicted octanol–water partition coefficient (Wildman–Crippen LogP) is 5.25. The minimum Gasteiger partial charge on any atom is -0.331 e. The van der Waals surface area contributed by atoms with Crippen molar-refractivity contribution in [3.05, 3.63) is 49.1 Å². The summed E-state index contributed by atoms with van der Waals surface area (Å²) in [5.74, 6) is -0.457. The number of fused-ring (bicyclic) bond motifs is 1. The average Bonchev–Trinajstić information content (AvgIpc) is 2.87. The molecule has 2 heterocycles. The van der Waals surface area contributed by atoms with Crippen LogP contribution in [0.4, 0.5) is 4.39 Å². The van der Waals surface area contributed by atoms with Crippen molar-refractivity contribution >= 4 is 57.8 Å². The Morgan fingerprint density at radius 1 is 1.32 bits per heavy atom. The monoisotopic (exact) mass is 332 g/mol. The molecule has 0 saturated carbocycles. The van der Waals surface area contributed by atoms with E-state index in [0.29, 0.717) is 16.8 Å². The number of nitrogens with one attached hydrogen (secondary N) is 1. The molecule has 7 heteroatoms. The molecule has 0 atom stereocenters. The Bertz CT molecular complexity index is 819. The minimum absolute atomic E-state index is 0.0788. The molecule has 1 N–H and O–H groups in total. The second kappa shape index (κ2) is 4.90. The van der Waals surface area contributed by atoms with Crippen LogP contribution in [0.2, 0.25) is 9.36 Å². The fourth-order valence-electron chi connectivity index (χ4n) is 1.90. The molecule has 2 aromatic heterocycles. The third kappa shape index (κ3) is 2.43. The van der Waals surface area contributed by atoms with Gasteiger partial charge < -0.3 is 9.55 Å². The Hall–Kier alpha value is -0.880. The number of aromatic nitrogens is 2. The normalized spacial score (nSPS) is 11.3. The van der Waals surface area contributed by atoms with Crippen molar-refractivity contribution in [2.45, 2.75) is 6.54 Å². The van der Waals surface area contributed by atoms with Crippen LogP contribution in [0, 0.1) is 10.6 Å². The number of nitrogens with zero attached hydrogens (tertiary/aromatic N) is 1. The number of H-pyrrole nitrogens is 1. The van der Waals surface area contributed by atoms with E-state index in [0.717, 1.165) is 14.7 Å². The molecule has 1 aromatic carbocycles. The maximum Gasteiger partial charge on any atom is 0.178 e. The van der Waals surface area contributed by atoms with Crippen molar-refractivity contribution in [3.8, 4) is 0 Å². The maximum absolute atomic E-state index is 13.6. The van der Waals surface area contributed by atoms with Crippen molar-refractivity contribution < 1.29 is 4.39 Å². The van der Waals surface area contributed by atoms with E-state index in [2.05, 4.69) is 4.98 Å². The number of halogens is 3. The van der Waals surface area contributed by atoms with E-state index < -0.39 is 5.82 Å². The van der Waals surface area contributed by atoms with E-state index in [9.17, 15) is 4.39 Å². The number of imidazole rings is 1. The second-order valence-corrected chi connectivity index (χ2v) is 6.60. The molecule has 0 spiro atoms. The molecule has 0 saturated heterocycles. The Labute approximate surface area is 127 Å². The molecule has 2 nitrogen and oxygen atoms in total. The van der Waals surface area contributed by atoms with Gasteiger partial charge in [-0.2, -0.15) is 0 Å². The Balaban J connectivity index is 2.15. The first-order valence-electron chi connectivity index (χ1n) is 5.36. The lowest BCUT2D eigenvalue weighted by molar-refractivity contribution is 0.629. The van der Waals surface area contributed by atoms with E-state index in [1.54, 1.807) is 6.07 Å². The lowest BCUT2D eigenvalue weighted by Gasteiger charge is -2.03. The molecular weight excluding hydrogens is 326 g/mol. The smallest absolute Gasteiger partial charge is 0.178 e. The maximum atomic E-state index is 13.6. The van der Waals surface area contributed by atoms with E-state index in [4.69, 9.17) is 35.4 Å². The molecular formula is C12H7Cl2FN2S2. The van der Waals surface area contributed by atoms with Gasteiger partial charge in [0.1, 0.15) is 5.82 Å². The van der Waals surface area contributed by atoms with Crippen LogP contribution in [-0.2, 0) is 6.54 Å². The molecule has 19 heavy (non-hydrogen) atoms. The molecule has 0 unspecified atom stereocenters. The number of rotatable bonds is 2. The molecule has 0 bridgehead atoms. The van der Waals surface area contributed by atoms with Crippen molar-refractivity contribution in [3.63, 3.8) is 0 Å². The van der Waals surface area contributed by atoms with Gasteiger partial charge in [-0.25, -0.2) is 4.39 Å². The van der Waals surface area contributed by atoms with Crippen LogP contribution in [-0.4, -0.2) is 9.55 Å². The van der Waals surface area contributed by atoms with Crippen LogP contribution in [0.3, 0.4) is 0 Å². The highest BCUT2D eigenvalue weighted by atomic mass is 35.5. The molecule has 0 radical (unpaired) electrons. The summed E-state index contributed by atoms with van der Waals surface area (Å²) in [6.45, 7) is 0.553. The number of hydrogen-bond donors (Lipinski definition) is 1. The number of thiophene rings is 1. The molecule has 0 aliphatic heterocycles. The second-order valence-electron chi connectivity index (χ2n) is 4.01. The van der Waals surface area contributed by atoms with Gasteiger partial charge in [0.05, 0.1) is 26.9 Å². The fourth-order valence-corrected chi connectivity index (χ4v) is 3.41. The van der Waals surface area contributed by atoms with Crippen LogP contribution in [0.1, 0.15) is 4.88 Å². The molecule has 0 fully saturated rings. The van der Waals surface area contributed by atoms with Gasteiger partial charge in [-0.05, 0) is 30.4 Å². The van der Waals surface area contributed by atoms with Crippen LogP contribution < -0.4 is 0 Å². The standard InChI is InChI=1S/C12H7Cl2FN2S2/c13-7-3-9-10(4-8(7)15)17(12(18)16-9)5-6-1-2-11(14)19-6/h1-4H,5H2,(H,16,18). The summed E-state index contributed by atoms with van der Waals surface area (Å²) in [6.07, 6.45) is 0. The van der Waals surface area contributed by atoms with E-state index in [-0.39, 0.29) is 5.02 Å². The van der Waals surface area contributed by atoms with Gasteiger partial charge in [-0.15, -0.1) is 11.3 Å². The Morgan fingerprint density at radius 2 is 2.11 bits per heavy atom. The van der Waals surface area contributed by atoms with Crippen molar-refractivity contribution in [1.82, 2.24) is 9.55 Å². The van der Waals surface area contributed by atoms with Gasteiger partial charge >= 0.3 is 0 Å². The molecule has 0 aliphatic rings. The van der Waals surface area contributed by atoms with Crippen LogP contribution in [0.15, 0.2) is 24.3 Å². The number of aromatic amines is 1. The quantitative estimate of drug-likeness (QED) is 0.635. The van der Waals surface area contributed by atoms with Crippen molar-refractivity contribution in [2.75, 3.05) is 0 Å². The number of benzene rings is 1. The van der Waals surface area contributed by atoms with E-state index in [1.807, 2.05) is 16.7 Å². The summed E-state index contributed by atoms with van der Waals surface area (Å²) in [5, 5.41) is 0.0788. The van der Waals surface area contributed by atoms with Gasteiger partial charge in [-0.3, -0.25) is 0 Å². The van der Waals surface area contributed by atoms with Crippen molar-refractivity contribution in [2.24, 2.45) is 0 Å². The van der Waals surface area contributed by atoms with Crippen LogP contribution in [0.25, 0.3) is 11.0 Å². The first kappa shape index (κ1) is 13.1. The Kier molecular flexibility index (Phi) is 3.39. The highest BCUT2D eigenvalue weighted by Crippen LogP contribution is 2.26. The molecule has 3 aromatic rings. The third-order valence-corrected chi connectivity index (χ3v) is 4.59. The summed E-state index contributed by atoms with van der Waals surface area (Å²) in [7, 11) is 0. The zero-order valence-corrected chi connectivity index (χ0v) is 12.6. The first-order valence-corrected chi connectivity index (χ1v) is 7.34. The summed E-state index contributed by atoms with van der Waals surface area (Å²) < 4.78 is 16.6. The molecule has 98 valence electrons. The summed E-state index contributed by atoms with van der Waals surface area (Å²) in [5.41, 5.74) is 1.41. The largest absolute Gasteiger partial charge is 0.331 e. The van der Waals surface area contributed by atoms with Gasteiger partial charge in [0.15, 0.2) is 4.77 Å². The molecule has 0 amide bonds. The predicted molar refractivity (Wildman–Crippen MR) is 80.5 cm³/mol. The van der Waals surface area contributed by atoms with Crippen LogP contribution >= 0.6 is 46.8 Å². The van der Waals surface area contributed by atoms with Gasteiger partial charge in [0.2, 0.25) is 0 Å². The third-order valence-electron chi connectivity index (χ3n) is 2.76. The molecule has 0 aliphatic carbocycles. The molecule has 3 rings (SSSR count). The fraction of sp³-hybridized carbons (Fsp3) is 0.0833. The lowest BCUT2D eigenvalue weighted by atomic mass is 10.3. The SMILES string of the molecule is Fc1cc2c(cc1Cl)[nH]c(=S)n2Cc1ccc(Cl)s1. The van der Waals surface area contributed by atoms with Gasteiger partial charge in [0.25, 0.3) is 0 Å². The zero-order chi connectivity index (χ0) is 13.6. The van der Waals surface area contributed by atoms with E-state index >= 15 is 0 Å². The Morgan fingerprint density at radius 3 is 2.79 bits per heavy atom. The summed E-state index contributed by atoms with van der Waals surface area (Å²) in [6, 6.07) is 6.69. The van der Waals surface area contributed by atoms with Gasteiger partial charge in [-0.1, -0.05) is 23.2 Å². The first-order chi connectivity index (χ1) is 9.04.